The van der Waals surface area contributed by atoms with Crippen molar-refractivity contribution >= 4 is 43.9 Å². The highest BCUT2D eigenvalue weighted by Gasteiger charge is 2.11. The van der Waals surface area contributed by atoms with Gasteiger partial charge < -0.3 is 4.18 Å². The lowest BCUT2D eigenvalue weighted by Crippen LogP contribution is -1.91. The molecule has 0 aliphatic heterocycles. The first-order valence-corrected chi connectivity index (χ1v) is 6.58. The Hall–Kier alpha value is 0.490. The van der Waals surface area contributed by atoms with Crippen LogP contribution in [0.3, 0.4) is 0 Å². The molecule has 0 spiro atoms. The molecular weight excluding hydrogens is 328 g/mol. The number of hydrogen-bond acceptors (Lipinski definition) is 2. The van der Waals surface area contributed by atoms with Gasteiger partial charge >= 0.3 is 0 Å². The van der Waals surface area contributed by atoms with Crippen molar-refractivity contribution in [3.63, 3.8) is 0 Å². The third-order valence-corrected chi connectivity index (χ3v) is 3.72. The predicted molar refractivity (Wildman–Crippen MR) is 68.8 cm³/mol. The zero-order chi connectivity index (χ0) is 10.7. The van der Waals surface area contributed by atoms with Crippen molar-refractivity contribution in [2.75, 3.05) is 7.11 Å². The summed E-state index contributed by atoms with van der Waals surface area (Å²) in [6.45, 7) is 4.35. The standard InChI is InChI=1S/C10H12Br2OS/c1-6(2)10-8(11)4-7(14-13-3)5-9(10)12/h4-6H,1-3H3. The van der Waals surface area contributed by atoms with E-state index in [0.29, 0.717) is 5.92 Å². The molecule has 0 heterocycles. The van der Waals surface area contributed by atoms with Crippen molar-refractivity contribution in [3.05, 3.63) is 26.6 Å². The zero-order valence-electron chi connectivity index (χ0n) is 8.30. The molecule has 1 aromatic rings. The molecule has 1 nitrogen and oxygen atoms in total. The summed E-state index contributed by atoms with van der Waals surface area (Å²) < 4.78 is 7.27. The van der Waals surface area contributed by atoms with Gasteiger partial charge in [-0.3, -0.25) is 0 Å². The van der Waals surface area contributed by atoms with Crippen LogP contribution in [0.5, 0.6) is 0 Å². The van der Waals surface area contributed by atoms with Gasteiger partial charge in [-0.15, -0.1) is 0 Å². The average molecular weight is 340 g/mol. The van der Waals surface area contributed by atoms with Gasteiger partial charge in [0, 0.05) is 25.9 Å². The molecule has 0 fully saturated rings. The van der Waals surface area contributed by atoms with Gasteiger partial charge in [-0.05, 0) is 23.6 Å². The van der Waals surface area contributed by atoms with Gasteiger partial charge in [-0.25, -0.2) is 0 Å². The summed E-state index contributed by atoms with van der Waals surface area (Å²) >= 11 is 8.50. The van der Waals surface area contributed by atoms with E-state index in [1.54, 1.807) is 7.11 Å². The number of benzene rings is 1. The van der Waals surface area contributed by atoms with Gasteiger partial charge in [0.05, 0.1) is 7.11 Å². The van der Waals surface area contributed by atoms with Crippen LogP contribution >= 0.6 is 43.9 Å². The van der Waals surface area contributed by atoms with Crippen molar-refractivity contribution < 1.29 is 4.18 Å². The Morgan fingerprint density at radius 3 is 2.07 bits per heavy atom. The molecule has 1 aromatic carbocycles. The van der Waals surface area contributed by atoms with Crippen molar-refractivity contribution in [3.8, 4) is 0 Å². The number of rotatable bonds is 3. The van der Waals surface area contributed by atoms with Crippen LogP contribution in [0.2, 0.25) is 0 Å². The summed E-state index contributed by atoms with van der Waals surface area (Å²) in [5, 5.41) is 0. The lowest BCUT2D eigenvalue weighted by atomic mass is 10.0. The van der Waals surface area contributed by atoms with Crippen LogP contribution in [-0.4, -0.2) is 7.11 Å². The molecule has 0 bridgehead atoms. The molecule has 4 heteroatoms. The monoisotopic (exact) mass is 338 g/mol. The molecule has 0 radical (unpaired) electrons. The molecule has 0 aliphatic rings. The van der Waals surface area contributed by atoms with Crippen LogP contribution in [0, 0.1) is 0 Å². The molecule has 0 saturated carbocycles. The van der Waals surface area contributed by atoms with Crippen LogP contribution in [0.1, 0.15) is 25.3 Å². The second kappa shape index (κ2) is 5.54. The summed E-state index contributed by atoms with van der Waals surface area (Å²) in [5.41, 5.74) is 1.30. The molecule has 14 heavy (non-hydrogen) atoms. The topological polar surface area (TPSA) is 9.23 Å². The maximum Gasteiger partial charge on any atom is 0.0508 e. The Morgan fingerprint density at radius 2 is 1.71 bits per heavy atom. The SMILES string of the molecule is COSc1cc(Br)c(C(C)C)c(Br)c1. The lowest BCUT2D eigenvalue weighted by Gasteiger charge is -2.12. The summed E-state index contributed by atoms with van der Waals surface area (Å²) in [4.78, 5) is 1.09. The van der Waals surface area contributed by atoms with E-state index in [1.165, 1.54) is 17.6 Å². The molecular formula is C10H12Br2OS. The van der Waals surface area contributed by atoms with Crippen LogP contribution in [0.15, 0.2) is 26.0 Å². The second-order valence-corrected chi connectivity index (χ2v) is 5.89. The molecule has 1 rings (SSSR count). The van der Waals surface area contributed by atoms with E-state index >= 15 is 0 Å². The number of halogens is 2. The van der Waals surface area contributed by atoms with Crippen molar-refractivity contribution in [2.45, 2.75) is 24.7 Å². The third-order valence-electron chi connectivity index (χ3n) is 1.81. The Morgan fingerprint density at radius 1 is 1.21 bits per heavy atom. The number of hydrogen-bond donors (Lipinski definition) is 0. The minimum absolute atomic E-state index is 0.500. The smallest absolute Gasteiger partial charge is 0.0508 e. The first-order chi connectivity index (χ1) is 6.56. The maximum atomic E-state index is 5.01. The molecule has 0 unspecified atom stereocenters. The van der Waals surface area contributed by atoms with E-state index in [1.807, 2.05) is 0 Å². The van der Waals surface area contributed by atoms with Gasteiger partial charge in [0.2, 0.25) is 0 Å². The third kappa shape index (κ3) is 2.99. The van der Waals surface area contributed by atoms with E-state index in [2.05, 4.69) is 57.8 Å². The Labute approximate surface area is 106 Å². The highest BCUT2D eigenvalue weighted by molar-refractivity contribution is 9.11. The molecule has 78 valence electrons. The van der Waals surface area contributed by atoms with Crippen LogP contribution in [0.25, 0.3) is 0 Å². The second-order valence-electron chi connectivity index (χ2n) is 3.21. The van der Waals surface area contributed by atoms with Crippen LogP contribution in [0.4, 0.5) is 0 Å². The fourth-order valence-corrected chi connectivity index (χ4v) is 4.19. The highest BCUT2D eigenvalue weighted by atomic mass is 79.9. The quantitative estimate of drug-likeness (QED) is 0.717. The Balaban J connectivity index is 3.11. The highest BCUT2D eigenvalue weighted by Crippen LogP contribution is 2.36. The van der Waals surface area contributed by atoms with Gasteiger partial charge in [0.1, 0.15) is 0 Å². The largest absolute Gasteiger partial charge is 0.314 e. The van der Waals surface area contributed by atoms with Gasteiger partial charge in [0.15, 0.2) is 0 Å². The van der Waals surface area contributed by atoms with Crippen LogP contribution < -0.4 is 0 Å². The van der Waals surface area contributed by atoms with E-state index in [0.717, 1.165) is 13.8 Å². The first kappa shape index (κ1) is 12.6. The predicted octanol–water partition coefficient (Wildman–Crippen LogP) is 4.99. The van der Waals surface area contributed by atoms with Gasteiger partial charge in [-0.1, -0.05) is 45.7 Å². The van der Waals surface area contributed by atoms with Crippen molar-refractivity contribution in [1.29, 1.82) is 0 Å². The molecule has 0 aromatic heterocycles. The van der Waals surface area contributed by atoms with Gasteiger partial charge in [0.25, 0.3) is 0 Å². The zero-order valence-corrected chi connectivity index (χ0v) is 12.3. The van der Waals surface area contributed by atoms with E-state index in [-0.39, 0.29) is 0 Å². The fraction of sp³-hybridized carbons (Fsp3) is 0.400. The van der Waals surface area contributed by atoms with E-state index < -0.39 is 0 Å². The minimum Gasteiger partial charge on any atom is -0.314 e. The fourth-order valence-electron chi connectivity index (χ4n) is 1.26. The molecule has 0 N–H and O–H groups in total. The summed E-state index contributed by atoms with van der Waals surface area (Å²) in [6, 6.07) is 4.16. The summed E-state index contributed by atoms with van der Waals surface area (Å²) in [5.74, 6) is 0.500. The van der Waals surface area contributed by atoms with E-state index in [4.69, 9.17) is 4.18 Å². The molecule has 0 amide bonds. The first-order valence-electron chi connectivity index (χ1n) is 4.26. The van der Waals surface area contributed by atoms with Crippen molar-refractivity contribution in [1.82, 2.24) is 0 Å². The average Bonchev–Trinajstić information content (AvgIpc) is 2.01. The summed E-state index contributed by atoms with van der Waals surface area (Å²) in [7, 11) is 1.67. The van der Waals surface area contributed by atoms with Crippen molar-refractivity contribution in [2.24, 2.45) is 0 Å². The summed E-state index contributed by atoms with van der Waals surface area (Å²) in [6.07, 6.45) is 0. The normalized spacial score (nSPS) is 11.0. The minimum atomic E-state index is 0.500. The molecule has 0 atom stereocenters. The van der Waals surface area contributed by atoms with E-state index in [9.17, 15) is 0 Å². The lowest BCUT2D eigenvalue weighted by molar-refractivity contribution is 0.489. The molecule has 0 saturated heterocycles. The Bertz CT molecular complexity index is 303. The van der Waals surface area contributed by atoms with Crippen LogP contribution in [-0.2, 0) is 4.18 Å². The Kier molecular flexibility index (Phi) is 4.97. The van der Waals surface area contributed by atoms with Gasteiger partial charge in [-0.2, -0.15) is 0 Å². The molecule has 0 aliphatic carbocycles. The maximum absolute atomic E-state index is 5.01.